The minimum absolute atomic E-state index is 0.182. The Morgan fingerprint density at radius 3 is 2.74 bits per heavy atom. The van der Waals surface area contributed by atoms with E-state index in [1.165, 1.54) is 11.3 Å². The van der Waals surface area contributed by atoms with Crippen LogP contribution in [-0.2, 0) is 16.1 Å². The van der Waals surface area contributed by atoms with Crippen molar-refractivity contribution in [2.24, 2.45) is 10.8 Å². The van der Waals surface area contributed by atoms with Crippen molar-refractivity contribution in [1.29, 1.82) is 0 Å². The smallest absolute Gasteiger partial charge is 0.267 e. The lowest BCUT2D eigenvalue weighted by atomic mass is 10.1. The largest absolute Gasteiger partial charge is 0.472 e. The highest BCUT2D eigenvalue weighted by molar-refractivity contribution is 6.40. The molecular formula is C16H16N4O3. The summed E-state index contributed by atoms with van der Waals surface area (Å²) in [5.41, 5.74) is 7.29. The predicted molar refractivity (Wildman–Crippen MR) is 84.5 cm³/mol. The number of benzene rings is 1. The first-order valence-corrected chi connectivity index (χ1v) is 7.15. The number of nitrogens with zero attached hydrogens (tertiary/aromatic N) is 2. The Bertz CT molecular complexity index is 725. The lowest BCUT2D eigenvalue weighted by Gasteiger charge is -2.20. The van der Waals surface area contributed by atoms with E-state index in [2.05, 4.69) is 10.4 Å². The van der Waals surface area contributed by atoms with Crippen molar-refractivity contribution in [1.82, 2.24) is 5.32 Å². The molecule has 23 heavy (non-hydrogen) atoms. The Morgan fingerprint density at radius 2 is 2.09 bits per heavy atom. The third-order valence-corrected chi connectivity index (χ3v) is 3.55. The van der Waals surface area contributed by atoms with Gasteiger partial charge in [0, 0.05) is 18.5 Å². The Balaban J connectivity index is 1.74. The van der Waals surface area contributed by atoms with E-state index in [-0.39, 0.29) is 18.0 Å². The average molecular weight is 312 g/mol. The van der Waals surface area contributed by atoms with Crippen molar-refractivity contribution in [2.75, 3.05) is 5.01 Å². The molecule has 0 fully saturated rings. The van der Waals surface area contributed by atoms with Crippen LogP contribution in [0.1, 0.15) is 12.0 Å². The second-order valence-corrected chi connectivity index (χ2v) is 5.16. The highest BCUT2D eigenvalue weighted by atomic mass is 16.3. The van der Waals surface area contributed by atoms with Crippen LogP contribution in [0, 0.1) is 0 Å². The number of hydrogen-bond donors (Lipinski definition) is 2. The van der Waals surface area contributed by atoms with Crippen LogP contribution >= 0.6 is 0 Å². The third kappa shape index (κ3) is 3.23. The van der Waals surface area contributed by atoms with Crippen LogP contribution in [0.3, 0.4) is 0 Å². The second kappa shape index (κ2) is 6.35. The second-order valence-electron chi connectivity index (χ2n) is 5.16. The number of nitrogens with two attached hydrogens (primary N) is 1. The van der Waals surface area contributed by atoms with E-state index in [1.54, 1.807) is 12.3 Å². The fourth-order valence-corrected chi connectivity index (χ4v) is 2.37. The SMILES string of the molecule is NC(=O)[C@H]1CC(C(=O)NCc2ccoc2)=NN1c1ccccc1. The van der Waals surface area contributed by atoms with E-state index in [9.17, 15) is 9.59 Å². The van der Waals surface area contributed by atoms with Crippen molar-refractivity contribution < 1.29 is 14.0 Å². The number of amides is 2. The molecule has 118 valence electrons. The number of carbonyl (C=O) groups excluding carboxylic acids is 2. The van der Waals surface area contributed by atoms with E-state index in [0.29, 0.717) is 12.2 Å². The zero-order valence-electron chi connectivity index (χ0n) is 12.3. The van der Waals surface area contributed by atoms with Crippen molar-refractivity contribution >= 4 is 23.2 Å². The molecule has 0 spiro atoms. The van der Waals surface area contributed by atoms with E-state index in [4.69, 9.17) is 10.2 Å². The number of nitrogens with one attached hydrogen (secondary N) is 1. The van der Waals surface area contributed by atoms with Gasteiger partial charge in [0.05, 0.1) is 18.2 Å². The molecule has 0 aliphatic carbocycles. The molecule has 3 N–H and O–H groups in total. The number of hydrogen-bond acceptors (Lipinski definition) is 5. The van der Waals surface area contributed by atoms with Gasteiger partial charge in [-0.05, 0) is 18.2 Å². The molecule has 7 nitrogen and oxygen atoms in total. The number of furan rings is 1. The first-order chi connectivity index (χ1) is 11.1. The molecular weight excluding hydrogens is 296 g/mol. The van der Waals surface area contributed by atoms with E-state index < -0.39 is 11.9 Å². The third-order valence-electron chi connectivity index (χ3n) is 3.55. The quantitative estimate of drug-likeness (QED) is 0.860. The summed E-state index contributed by atoms with van der Waals surface area (Å²) in [4.78, 5) is 23.9. The molecule has 1 aliphatic heterocycles. The Kier molecular flexibility index (Phi) is 4.09. The maximum Gasteiger partial charge on any atom is 0.267 e. The Morgan fingerprint density at radius 1 is 1.30 bits per heavy atom. The monoisotopic (exact) mass is 312 g/mol. The predicted octanol–water partition coefficient (Wildman–Crippen LogP) is 1.02. The summed E-state index contributed by atoms with van der Waals surface area (Å²) < 4.78 is 4.94. The van der Waals surface area contributed by atoms with Gasteiger partial charge in [-0.1, -0.05) is 18.2 Å². The molecule has 1 atom stereocenters. The van der Waals surface area contributed by atoms with Crippen LogP contribution in [0.5, 0.6) is 0 Å². The summed E-state index contributed by atoms with van der Waals surface area (Å²) in [6, 6.07) is 10.3. The normalized spacial score (nSPS) is 17.0. The molecule has 2 aromatic rings. The molecule has 3 rings (SSSR count). The van der Waals surface area contributed by atoms with Crippen LogP contribution in [0.15, 0.2) is 58.4 Å². The highest BCUT2D eigenvalue weighted by Crippen LogP contribution is 2.24. The van der Waals surface area contributed by atoms with Crippen LogP contribution in [0.25, 0.3) is 0 Å². The zero-order chi connectivity index (χ0) is 16.2. The first kappa shape index (κ1) is 14.8. The lowest BCUT2D eigenvalue weighted by Crippen LogP contribution is -2.39. The summed E-state index contributed by atoms with van der Waals surface area (Å²) in [5.74, 6) is -0.842. The van der Waals surface area contributed by atoms with E-state index in [0.717, 1.165) is 5.56 Å². The van der Waals surface area contributed by atoms with E-state index in [1.807, 2.05) is 30.3 Å². The van der Waals surface area contributed by atoms with Gasteiger partial charge >= 0.3 is 0 Å². The number of primary amides is 1. The molecule has 2 amide bonds. The van der Waals surface area contributed by atoms with Gasteiger partial charge in [0.1, 0.15) is 11.8 Å². The van der Waals surface area contributed by atoms with Gasteiger partial charge in [-0.25, -0.2) is 0 Å². The van der Waals surface area contributed by atoms with Crippen LogP contribution in [-0.4, -0.2) is 23.6 Å². The maximum atomic E-state index is 12.2. The van der Waals surface area contributed by atoms with Gasteiger partial charge in [0.25, 0.3) is 5.91 Å². The number of rotatable bonds is 5. The van der Waals surface area contributed by atoms with Crippen LogP contribution in [0.4, 0.5) is 5.69 Å². The van der Waals surface area contributed by atoms with Gasteiger partial charge in [0.2, 0.25) is 5.91 Å². The van der Waals surface area contributed by atoms with Gasteiger partial charge < -0.3 is 15.5 Å². The van der Waals surface area contributed by atoms with Crippen LogP contribution in [0.2, 0.25) is 0 Å². The molecule has 1 aromatic carbocycles. The van der Waals surface area contributed by atoms with Crippen molar-refractivity contribution in [2.45, 2.75) is 19.0 Å². The summed E-state index contributed by atoms with van der Waals surface area (Å²) in [6.45, 7) is 0.334. The molecule has 7 heteroatoms. The van der Waals surface area contributed by atoms with E-state index >= 15 is 0 Å². The molecule has 0 saturated heterocycles. The highest BCUT2D eigenvalue weighted by Gasteiger charge is 2.34. The zero-order valence-corrected chi connectivity index (χ0v) is 12.3. The van der Waals surface area contributed by atoms with Gasteiger partial charge in [-0.15, -0.1) is 0 Å². The number of hydrazone groups is 1. The first-order valence-electron chi connectivity index (χ1n) is 7.15. The average Bonchev–Trinajstić information content (AvgIpc) is 3.23. The number of anilines is 1. The maximum absolute atomic E-state index is 12.2. The summed E-state index contributed by atoms with van der Waals surface area (Å²) >= 11 is 0. The number of para-hydroxylation sites is 1. The standard InChI is InChI=1S/C16H16N4O3/c17-15(21)14-8-13(16(22)18-9-11-6-7-23-10-11)19-20(14)12-4-2-1-3-5-12/h1-7,10,14H,8-9H2,(H2,17,21)(H,18,22)/t14-/m1/s1. The molecule has 0 saturated carbocycles. The van der Waals surface area contributed by atoms with Crippen molar-refractivity contribution in [3.8, 4) is 0 Å². The van der Waals surface area contributed by atoms with Crippen molar-refractivity contribution in [3.05, 3.63) is 54.5 Å². The van der Waals surface area contributed by atoms with Crippen molar-refractivity contribution in [3.63, 3.8) is 0 Å². The Labute approximate surface area is 132 Å². The summed E-state index contributed by atoms with van der Waals surface area (Å²) in [6.07, 6.45) is 3.27. The van der Waals surface area contributed by atoms with Gasteiger partial charge in [-0.3, -0.25) is 14.6 Å². The lowest BCUT2D eigenvalue weighted by molar-refractivity contribution is -0.119. The molecule has 0 radical (unpaired) electrons. The molecule has 2 heterocycles. The topological polar surface area (TPSA) is 101 Å². The van der Waals surface area contributed by atoms with Gasteiger partial charge in [-0.2, -0.15) is 5.10 Å². The molecule has 0 bridgehead atoms. The molecule has 0 unspecified atom stereocenters. The molecule has 1 aromatic heterocycles. The Hall–Kier alpha value is -3.09. The molecule has 1 aliphatic rings. The fourth-order valence-electron chi connectivity index (χ4n) is 2.37. The minimum Gasteiger partial charge on any atom is -0.472 e. The van der Waals surface area contributed by atoms with Gasteiger partial charge in [0.15, 0.2) is 0 Å². The minimum atomic E-state index is -0.660. The van der Waals surface area contributed by atoms with Crippen LogP contribution < -0.4 is 16.1 Å². The fraction of sp³-hybridized carbons (Fsp3) is 0.188. The summed E-state index contributed by atoms with van der Waals surface area (Å²) in [5, 5.41) is 8.52. The number of carbonyl (C=O) groups is 2. The summed E-state index contributed by atoms with van der Waals surface area (Å²) in [7, 11) is 0.